The maximum absolute atomic E-state index is 10.9. The lowest BCUT2D eigenvalue weighted by molar-refractivity contribution is -0.140. The second-order valence-electron chi connectivity index (χ2n) is 4.76. The minimum atomic E-state index is -0.0930. The van der Waals surface area contributed by atoms with E-state index in [1.807, 2.05) is 6.07 Å². The van der Waals surface area contributed by atoms with Crippen molar-refractivity contribution in [3.8, 4) is 0 Å². The summed E-state index contributed by atoms with van der Waals surface area (Å²) in [6, 6.07) is 10.5. The molecule has 19 heavy (non-hydrogen) atoms. The monoisotopic (exact) mass is 263 g/mol. The molecule has 1 N–H and O–H groups in total. The van der Waals surface area contributed by atoms with E-state index in [9.17, 15) is 4.79 Å². The summed E-state index contributed by atoms with van der Waals surface area (Å²) >= 11 is 0. The number of esters is 1. The molecule has 0 bridgehead atoms. The van der Waals surface area contributed by atoms with Crippen molar-refractivity contribution in [1.82, 2.24) is 5.32 Å². The van der Waals surface area contributed by atoms with Gasteiger partial charge in [-0.05, 0) is 24.9 Å². The van der Waals surface area contributed by atoms with Crippen LogP contribution >= 0.6 is 0 Å². The molecule has 0 atom stereocenters. The maximum atomic E-state index is 10.9. The van der Waals surface area contributed by atoms with E-state index in [0.29, 0.717) is 6.42 Å². The molecule has 3 nitrogen and oxygen atoms in total. The summed E-state index contributed by atoms with van der Waals surface area (Å²) in [5, 5.41) is 3.45. The van der Waals surface area contributed by atoms with Crippen molar-refractivity contribution in [1.29, 1.82) is 0 Å². The van der Waals surface area contributed by atoms with E-state index in [0.717, 1.165) is 25.9 Å². The highest BCUT2D eigenvalue weighted by Crippen LogP contribution is 2.05. The van der Waals surface area contributed by atoms with Gasteiger partial charge in [-0.25, -0.2) is 0 Å². The molecular formula is C16H25NO2. The summed E-state index contributed by atoms with van der Waals surface area (Å²) < 4.78 is 4.60. The second kappa shape index (κ2) is 10.6. The molecule has 1 rings (SSSR count). The average Bonchev–Trinajstić information content (AvgIpc) is 2.46. The van der Waals surface area contributed by atoms with Gasteiger partial charge in [0, 0.05) is 13.0 Å². The number of hydrogen-bond donors (Lipinski definition) is 1. The van der Waals surface area contributed by atoms with E-state index in [-0.39, 0.29) is 5.97 Å². The normalized spacial score (nSPS) is 10.4. The number of carbonyl (C=O) groups is 1. The molecule has 0 aliphatic carbocycles. The van der Waals surface area contributed by atoms with E-state index >= 15 is 0 Å². The van der Waals surface area contributed by atoms with Crippen LogP contribution in [0.1, 0.15) is 44.1 Å². The average molecular weight is 263 g/mol. The Labute approximate surface area is 116 Å². The van der Waals surface area contributed by atoms with Gasteiger partial charge in [0.25, 0.3) is 0 Å². The summed E-state index contributed by atoms with van der Waals surface area (Å²) in [5.41, 5.74) is 1.33. The number of carbonyl (C=O) groups excluding carboxylic acids is 1. The fraction of sp³-hybridized carbons (Fsp3) is 0.562. The van der Waals surface area contributed by atoms with E-state index in [2.05, 4.69) is 34.3 Å². The SMILES string of the molecule is COC(=O)CCCCCCCNCc1ccccc1. The molecule has 0 unspecified atom stereocenters. The lowest BCUT2D eigenvalue weighted by Crippen LogP contribution is -2.14. The van der Waals surface area contributed by atoms with Crippen LogP contribution in [0, 0.1) is 0 Å². The standard InChI is InChI=1S/C16H25NO2/c1-19-16(18)12-8-3-2-4-9-13-17-14-15-10-6-5-7-11-15/h5-7,10-11,17H,2-4,8-9,12-14H2,1H3. The number of methoxy groups -OCH3 is 1. The van der Waals surface area contributed by atoms with Crippen molar-refractivity contribution in [2.75, 3.05) is 13.7 Å². The molecule has 0 aliphatic heterocycles. The molecule has 0 heterocycles. The van der Waals surface area contributed by atoms with Crippen molar-refractivity contribution in [2.45, 2.75) is 45.1 Å². The number of benzene rings is 1. The van der Waals surface area contributed by atoms with Gasteiger partial charge in [0.1, 0.15) is 0 Å². The predicted molar refractivity (Wildman–Crippen MR) is 77.9 cm³/mol. The first-order valence-electron chi connectivity index (χ1n) is 7.14. The molecule has 0 amide bonds. The van der Waals surface area contributed by atoms with Crippen LogP contribution in [0.2, 0.25) is 0 Å². The lowest BCUT2D eigenvalue weighted by Gasteiger charge is -2.05. The van der Waals surface area contributed by atoms with Crippen LogP contribution in [0.25, 0.3) is 0 Å². The summed E-state index contributed by atoms with van der Waals surface area (Å²) in [5.74, 6) is -0.0930. The van der Waals surface area contributed by atoms with Crippen LogP contribution < -0.4 is 5.32 Å². The third kappa shape index (κ3) is 8.38. The Hall–Kier alpha value is -1.35. The van der Waals surface area contributed by atoms with Gasteiger partial charge in [-0.1, -0.05) is 49.6 Å². The highest BCUT2D eigenvalue weighted by Gasteiger charge is 1.98. The van der Waals surface area contributed by atoms with Crippen molar-refractivity contribution < 1.29 is 9.53 Å². The molecule has 0 saturated carbocycles. The molecular weight excluding hydrogens is 238 g/mol. The quantitative estimate of drug-likeness (QED) is 0.520. The first-order valence-corrected chi connectivity index (χ1v) is 7.14. The highest BCUT2D eigenvalue weighted by molar-refractivity contribution is 5.68. The zero-order chi connectivity index (χ0) is 13.8. The van der Waals surface area contributed by atoms with Crippen molar-refractivity contribution in [3.63, 3.8) is 0 Å². The Morgan fingerprint density at radius 1 is 1.05 bits per heavy atom. The van der Waals surface area contributed by atoms with Gasteiger partial charge in [0.15, 0.2) is 0 Å². The molecule has 0 fully saturated rings. The first kappa shape index (κ1) is 15.7. The number of unbranched alkanes of at least 4 members (excludes halogenated alkanes) is 4. The van der Waals surface area contributed by atoms with Crippen molar-refractivity contribution in [3.05, 3.63) is 35.9 Å². The molecule has 0 aromatic heterocycles. The Morgan fingerprint density at radius 2 is 1.74 bits per heavy atom. The fourth-order valence-electron chi connectivity index (χ4n) is 1.98. The fourth-order valence-corrected chi connectivity index (χ4v) is 1.98. The maximum Gasteiger partial charge on any atom is 0.305 e. The summed E-state index contributed by atoms with van der Waals surface area (Å²) in [7, 11) is 1.45. The number of rotatable bonds is 10. The smallest absolute Gasteiger partial charge is 0.305 e. The van der Waals surface area contributed by atoms with E-state index < -0.39 is 0 Å². The zero-order valence-corrected chi connectivity index (χ0v) is 11.9. The van der Waals surface area contributed by atoms with Crippen molar-refractivity contribution >= 4 is 5.97 Å². The van der Waals surface area contributed by atoms with Gasteiger partial charge in [0.2, 0.25) is 0 Å². The summed E-state index contributed by atoms with van der Waals surface area (Å²) in [6.45, 7) is 2.01. The molecule has 0 aliphatic rings. The van der Waals surface area contributed by atoms with Gasteiger partial charge in [0.05, 0.1) is 7.11 Å². The van der Waals surface area contributed by atoms with Gasteiger partial charge < -0.3 is 10.1 Å². The summed E-state index contributed by atoms with van der Waals surface area (Å²) in [6.07, 6.45) is 6.25. The van der Waals surface area contributed by atoms with Crippen LogP contribution in [0.5, 0.6) is 0 Å². The third-order valence-corrected chi connectivity index (χ3v) is 3.13. The largest absolute Gasteiger partial charge is 0.469 e. The van der Waals surface area contributed by atoms with E-state index in [4.69, 9.17) is 0 Å². The zero-order valence-electron chi connectivity index (χ0n) is 11.9. The molecule has 0 spiro atoms. The van der Waals surface area contributed by atoms with E-state index in [1.54, 1.807) is 0 Å². The van der Waals surface area contributed by atoms with Crippen LogP contribution in [0.15, 0.2) is 30.3 Å². The Bertz CT molecular complexity index is 338. The van der Waals surface area contributed by atoms with Crippen LogP contribution in [-0.2, 0) is 16.1 Å². The number of hydrogen-bond acceptors (Lipinski definition) is 3. The molecule has 1 aromatic carbocycles. The van der Waals surface area contributed by atoms with Gasteiger partial charge in [-0.3, -0.25) is 4.79 Å². The topological polar surface area (TPSA) is 38.3 Å². The van der Waals surface area contributed by atoms with Gasteiger partial charge in [-0.15, -0.1) is 0 Å². The second-order valence-corrected chi connectivity index (χ2v) is 4.76. The molecule has 0 radical (unpaired) electrons. The van der Waals surface area contributed by atoms with Crippen LogP contribution in [0.4, 0.5) is 0 Å². The summed E-state index contributed by atoms with van der Waals surface area (Å²) in [4.78, 5) is 10.9. The predicted octanol–water partition coefficient (Wildman–Crippen LogP) is 3.29. The molecule has 1 aromatic rings. The Balaban J connectivity index is 1.85. The third-order valence-electron chi connectivity index (χ3n) is 3.13. The Morgan fingerprint density at radius 3 is 2.47 bits per heavy atom. The molecule has 106 valence electrons. The van der Waals surface area contributed by atoms with Gasteiger partial charge >= 0.3 is 5.97 Å². The van der Waals surface area contributed by atoms with Crippen LogP contribution in [0.3, 0.4) is 0 Å². The number of ether oxygens (including phenoxy) is 1. The minimum Gasteiger partial charge on any atom is -0.469 e. The number of nitrogens with one attached hydrogen (secondary N) is 1. The van der Waals surface area contributed by atoms with Crippen molar-refractivity contribution in [2.24, 2.45) is 0 Å². The molecule has 0 saturated heterocycles. The van der Waals surface area contributed by atoms with Crippen LogP contribution in [-0.4, -0.2) is 19.6 Å². The molecule has 3 heteroatoms. The highest BCUT2D eigenvalue weighted by atomic mass is 16.5. The van der Waals surface area contributed by atoms with E-state index in [1.165, 1.54) is 31.9 Å². The first-order chi connectivity index (χ1) is 9.33. The Kier molecular flexibility index (Phi) is 8.73. The lowest BCUT2D eigenvalue weighted by atomic mass is 10.1. The van der Waals surface area contributed by atoms with Gasteiger partial charge in [-0.2, -0.15) is 0 Å². The minimum absolute atomic E-state index is 0.0930.